The van der Waals surface area contributed by atoms with Gasteiger partial charge in [-0.1, -0.05) is 48.3 Å². The number of aromatic amines is 1. The van der Waals surface area contributed by atoms with Crippen molar-refractivity contribution in [3.8, 4) is 0 Å². The zero-order valence-electron chi connectivity index (χ0n) is 11.7. The quantitative estimate of drug-likeness (QED) is 0.831. The van der Waals surface area contributed by atoms with Crippen molar-refractivity contribution >= 4 is 43.4 Å². The monoisotopic (exact) mass is 391 g/mol. The lowest BCUT2D eigenvalue weighted by atomic mass is 9.92. The summed E-state index contributed by atoms with van der Waals surface area (Å²) in [6, 6.07) is 6.25. The zero-order chi connectivity index (χ0) is 15.8. The average Bonchev–Trinajstić information content (AvgIpc) is 2.75. The molecule has 0 atom stereocenters. The predicted molar refractivity (Wildman–Crippen MR) is 87.2 cm³/mol. The van der Waals surface area contributed by atoms with Crippen LogP contribution in [0, 0.1) is 0 Å². The van der Waals surface area contributed by atoms with Crippen molar-refractivity contribution in [1.82, 2.24) is 10.2 Å². The van der Waals surface area contributed by atoms with E-state index in [1.54, 1.807) is 12.1 Å². The largest absolute Gasteiger partial charge is 0.280 e. The predicted octanol–water partition coefficient (Wildman–Crippen LogP) is 3.92. The molecule has 0 spiro atoms. The summed E-state index contributed by atoms with van der Waals surface area (Å²) in [6.45, 7) is 6.01. The Morgan fingerprint density at radius 2 is 1.95 bits per heavy atom. The molecule has 0 aliphatic carbocycles. The third-order valence-corrected chi connectivity index (χ3v) is 5.14. The average molecular weight is 393 g/mol. The Bertz CT molecular complexity index is 766. The Balaban J connectivity index is 2.31. The summed E-state index contributed by atoms with van der Waals surface area (Å²) in [4.78, 5) is 0.00711. The highest BCUT2D eigenvalue weighted by atomic mass is 79.9. The molecule has 1 aromatic heterocycles. The molecular formula is C13H15BrClN3O2S. The van der Waals surface area contributed by atoms with Crippen LogP contribution in [0.25, 0.3) is 0 Å². The summed E-state index contributed by atoms with van der Waals surface area (Å²) >= 11 is 9.22. The smallest absolute Gasteiger partial charge is 0.264 e. The number of nitrogens with one attached hydrogen (secondary N) is 2. The third-order valence-electron chi connectivity index (χ3n) is 2.81. The van der Waals surface area contributed by atoms with Gasteiger partial charge in [0.2, 0.25) is 0 Å². The minimum absolute atomic E-state index is 0.00711. The first-order chi connectivity index (χ1) is 9.59. The molecule has 0 bridgehead atoms. The van der Waals surface area contributed by atoms with Crippen LogP contribution in [0.3, 0.4) is 0 Å². The second kappa shape index (κ2) is 5.62. The molecule has 0 amide bonds. The SMILES string of the molecule is CC(C)(C)c1cc(NS(=O)(=O)c2ccc(Br)cc2Cl)n[nH]1. The van der Waals surface area contributed by atoms with E-state index >= 15 is 0 Å². The lowest BCUT2D eigenvalue weighted by Crippen LogP contribution is -2.14. The molecule has 0 aliphatic rings. The van der Waals surface area contributed by atoms with Crippen molar-refractivity contribution in [3.63, 3.8) is 0 Å². The van der Waals surface area contributed by atoms with Crippen LogP contribution < -0.4 is 4.72 Å². The second-order valence-electron chi connectivity index (χ2n) is 5.60. The fraction of sp³-hybridized carbons (Fsp3) is 0.308. The van der Waals surface area contributed by atoms with Gasteiger partial charge >= 0.3 is 0 Å². The molecule has 0 unspecified atom stereocenters. The van der Waals surface area contributed by atoms with E-state index in [9.17, 15) is 8.42 Å². The van der Waals surface area contributed by atoms with Crippen LogP contribution in [-0.4, -0.2) is 18.6 Å². The highest BCUT2D eigenvalue weighted by Gasteiger charge is 2.22. The van der Waals surface area contributed by atoms with Gasteiger partial charge in [0.15, 0.2) is 5.82 Å². The Morgan fingerprint density at radius 1 is 1.29 bits per heavy atom. The van der Waals surface area contributed by atoms with Crippen LogP contribution in [0.5, 0.6) is 0 Å². The van der Waals surface area contributed by atoms with E-state index in [1.165, 1.54) is 12.1 Å². The molecule has 114 valence electrons. The fourth-order valence-electron chi connectivity index (χ4n) is 1.64. The van der Waals surface area contributed by atoms with Crippen LogP contribution in [0.15, 0.2) is 33.6 Å². The molecule has 2 N–H and O–H groups in total. The molecule has 0 saturated carbocycles. The van der Waals surface area contributed by atoms with Gasteiger partial charge in [-0.15, -0.1) is 0 Å². The van der Waals surface area contributed by atoms with E-state index in [0.717, 1.165) is 5.69 Å². The Labute approximate surface area is 137 Å². The van der Waals surface area contributed by atoms with Crippen molar-refractivity contribution in [1.29, 1.82) is 0 Å². The van der Waals surface area contributed by atoms with Crippen LogP contribution in [0.2, 0.25) is 5.02 Å². The number of anilines is 1. The summed E-state index contributed by atoms with van der Waals surface area (Å²) in [5.74, 6) is 0.235. The van der Waals surface area contributed by atoms with Crippen LogP contribution in [0.1, 0.15) is 26.5 Å². The fourth-order valence-corrected chi connectivity index (χ4v) is 3.67. The van der Waals surface area contributed by atoms with E-state index in [2.05, 4.69) is 30.8 Å². The highest BCUT2D eigenvalue weighted by Crippen LogP contribution is 2.27. The van der Waals surface area contributed by atoms with E-state index in [0.29, 0.717) is 4.47 Å². The number of sulfonamides is 1. The molecule has 2 aromatic rings. The van der Waals surface area contributed by atoms with Crippen molar-refractivity contribution < 1.29 is 8.42 Å². The van der Waals surface area contributed by atoms with Crippen molar-refractivity contribution in [2.24, 2.45) is 0 Å². The first-order valence-corrected chi connectivity index (χ1v) is 8.79. The van der Waals surface area contributed by atoms with Crippen LogP contribution in [-0.2, 0) is 15.4 Å². The minimum atomic E-state index is -3.78. The van der Waals surface area contributed by atoms with Crippen molar-refractivity contribution in [2.75, 3.05) is 4.72 Å². The summed E-state index contributed by atoms with van der Waals surface area (Å²) in [7, 11) is -3.78. The second-order valence-corrected chi connectivity index (χ2v) is 8.57. The van der Waals surface area contributed by atoms with E-state index < -0.39 is 10.0 Å². The summed E-state index contributed by atoms with van der Waals surface area (Å²) in [5.41, 5.74) is 0.688. The lowest BCUT2D eigenvalue weighted by Gasteiger charge is -2.14. The Hall–Kier alpha value is -1.05. The Kier molecular flexibility index (Phi) is 4.37. The number of H-pyrrole nitrogens is 1. The molecule has 0 radical (unpaired) electrons. The Morgan fingerprint density at radius 3 is 2.48 bits per heavy atom. The molecule has 21 heavy (non-hydrogen) atoms. The highest BCUT2D eigenvalue weighted by molar-refractivity contribution is 9.10. The van der Waals surface area contributed by atoms with Gasteiger partial charge in [-0.05, 0) is 18.2 Å². The normalized spacial score (nSPS) is 12.4. The first kappa shape index (κ1) is 16.3. The van der Waals surface area contributed by atoms with E-state index in [1.807, 2.05) is 20.8 Å². The number of hydrogen-bond acceptors (Lipinski definition) is 3. The standard InChI is InChI=1S/C13H15BrClN3O2S/c1-13(2,3)11-7-12(17-16-11)18-21(19,20)10-5-4-8(14)6-9(10)15/h4-7H,1-3H3,(H2,16,17,18). The molecule has 2 rings (SSSR count). The van der Waals surface area contributed by atoms with E-state index in [4.69, 9.17) is 11.6 Å². The lowest BCUT2D eigenvalue weighted by molar-refractivity contribution is 0.567. The maximum absolute atomic E-state index is 12.3. The van der Waals surface area contributed by atoms with Gasteiger partial charge in [-0.2, -0.15) is 5.10 Å². The van der Waals surface area contributed by atoms with Gasteiger partial charge < -0.3 is 0 Å². The zero-order valence-corrected chi connectivity index (χ0v) is 14.9. The van der Waals surface area contributed by atoms with Gasteiger partial charge in [-0.3, -0.25) is 9.82 Å². The number of benzene rings is 1. The summed E-state index contributed by atoms with van der Waals surface area (Å²) in [5, 5.41) is 6.94. The summed E-state index contributed by atoms with van der Waals surface area (Å²) < 4.78 is 27.8. The topological polar surface area (TPSA) is 74.8 Å². The third kappa shape index (κ3) is 3.78. The molecule has 8 heteroatoms. The maximum atomic E-state index is 12.3. The van der Waals surface area contributed by atoms with Gasteiger partial charge in [0, 0.05) is 21.6 Å². The van der Waals surface area contributed by atoms with Crippen LogP contribution >= 0.6 is 27.5 Å². The number of nitrogens with zero attached hydrogens (tertiary/aromatic N) is 1. The molecular weight excluding hydrogens is 378 g/mol. The number of aromatic nitrogens is 2. The number of halogens is 2. The molecule has 0 saturated heterocycles. The van der Waals surface area contributed by atoms with Gasteiger partial charge in [0.05, 0.1) is 5.02 Å². The maximum Gasteiger partial charge on any atom is 0.264 e. The van der Waals surface area contributed by atoms with Gasteiger partial charge in [-0.25, -0.2) is 8.42 Å². The molecule has 5 nitrogen and oxygen atoms in total. The molecule has 0 aliphatic heterocycles. The van der Waals surface area contributed by atoms with Crippen molar-refractivity contribution in [2.45, 2.75) is 31.1 Å². The number of hydrogen-bond donors (Lipinski definition) is 2. The first-order valence-electron chi connectivity index (χ1n) is 6.13. The van der Waals surface area contributed by atoms with Gasteiger partial charge in [0.1, 0.15) is 4.90 Å². The van der Waals surface area contributed by atoms with Crippen LogP contribution in [0.4, 0.5) is 5.82 Å². The molecule has 1 aromatic carbocycles. The minimum Gasteiger partial charge on any atom is -0.280 e. The summed E-state index contributed by atoms with van der Waals surface area (Å²) in [6.07, 6.45) is 0. The molecule has 0 fully saturated rings. The van der Waals surface area contributed by atoms with Crippen molar-refractivity contribution in [3.05, 3.63) is 39.5 Å². The van der Waals surface area contributed by atoms with Gasteiger partial charge in [0.25, 0.3) is 10.0 Å². The van der Waals surface area contributed by atoms with E-state index in [-0.39, 0.29) is 21.2 Å². The number of rotatable bonds is 3. The molecule has 1 heterocycles.